The number of aromatic nitrogens is 5. The Morgan fingerprint density at radius 1 is 1.15 bits per heavy atom. The summed E-state index contributed by atoms with van der Waals surface area (Å²) in [5.41, 5.74) is 5.82. The molecule has 2 aromatic carbocycles. The number of aryl methyl sites for hydroxylation is 3. The van der Waals surface area contributed by atoms with E-state index in [1.165, 1.54) is 11.1 Å². The van der Waals surface area contributed by atoms with Crippen LogP contribution in [0.3, 0.4) is 0 Å². The minimum absolute atomic E-state index is 0.101. The number of fused-ring (bicyclic) bond motifs is 2. The van der Waals surface area contributed by atoms with Gasteiger partial charge < -0.3 is 9.88 Å². The quantitative estimate of drug-likeness (QED) is 0.466. The van der Waals surface area contributed by atoms with Crippen LogP contribution >= 0.6 is 0 Å². The van der Waals surface area contributed by atoms with E-state index in [4.69, 9.17) is 0 Å². The van der Waals surface area contributed by atoms with Crippen LogP contribution in [0.25, 0.3) is 10.9 Å². The number of tetrazole rings is 1. The fraction of sp³-hybridized carbons (Fsp3) is 0.407. The van der Waals surface area contributed by atoms with Crippen LogP contribution in [0.1, 0.15) is 67.7 Å². The van der Waals surface area contributed by atoms with E-state index in [0.717, 1.165) is 48.0 Å². The number of pyridine rings is 1. The van der Waals surface area contributed by atoms with Crippen LogP contribution in [0.15, 0.2) is 47.3 Å². The van der Waals surface area contributed by atoms with Gasteiger partial charge in [-0.15, -0.1) is 5.10 Å². The summed E-state index contributed by atoms with van der Waals surface area (Å²) in [4.78, 5) is 19.1. The fourth-order valence-corrected chi connectivity index (χ4v) is 5.13. The minimum Gasteiger partial charge on any atom is -0.357 e. The molecular weight excluding hydrogens is 424 g/mol. The number of hydrogen-bond acceptors (Lipinski definition) is 5. The largest absolute Gasteiger partial charge is 0.357 e. The molecule has 176 valence electrons. The smallest absolute Gasteiger partial charge is 0.254 e. The van der Waals surface area contributed by atoms with Crippen LogP contribution in [0.2, 0.25) is 0 Å². The third-order valence-electron chi connectivity index (χ3n) is 7.25. The maximum absolute atomic E-state index is 13.6. The molecule has 0 aliphatic carbocycles. The van der Waals surface area contributed by atoms with Crippen LogP contribution < -0.4 is 10.5 Å². The first-order valence-electron chi connectivity index (χ1n) is 12.1. The lowest BCUT2D eigenvalue weighted by molar-refractivity contribution is 0.287. The van der Waals surface area contributed by atoms with Gasteiger partial charge in [0.2, 0.25) is 0 Å². The third-order valence-corrected chi connectivity index (χ3v) is 7.25. The number of nitrogens with zero attached hydrogens (tertiary/aromatic N) is 5. The number of para-hydroxylation sites is 1. The monoisotopic (exact) mass is 456 g/mol. The predicted molar refractivity (Wildman–Crippen MR) is 135 cm³/mol. The standard InChI is InChI=1S/C27H32N6O/c1-6-27(4,5)33-25(29-30-31-33)24(32-13-9-11-19-10-7-8-12-22(19)32)21-16-20-15-17(2)14-18(3)23(20)28-26(21)34/h7-8,10,12,14-16,24H,6,9,11,13H2,1-5H3,(H,28,34). The number of aromatic amines is 1. The van der Waals surface area contributed by atoms with Crippen molar-refractivity contribution in [2.75, 3.05) is 11.4 Å². The van der Waals surface area contributed by atoms with Crippen LogP contribution in [0.4, 0.5) is 5.69 Å². The summed E-state index contributed by atoms with van der Waals surface area (Å²) in [7, 11) is 0. The Labute approximate surface area is 199 Å². The van der Waals surface area contributed by atoms with E-state index in [0.29, 0.717) is 11.4 Å². The van der Waals surface area contributed by atoms with Gasteiger partial charge in [-0.2, -0.15) is 0 Å². The molecule has 7 nitrogen and oxygen atoms in total. The molecule has 7 heteroatoms. The minimum atomic E-state index is -0.406. The summed E-state index contributed by atoms with van der Waals surface area (Å²) in [5, 5.41) is 14.0. The SMILES string of the molecule is CCC(C)(C)n1nnnc1C(c1cc2cc(C)cc(C)c2[nH]c1=O)N1CCCc2ccccc21. The van der Waals surface area contributed by atoms with Gasteiger partial charge in [-0.25, -0.2) is 4.68 Å². The van der Waals surface area contributed by atoms with Gasteiger partial charge in [-0.1, -0.05) is 36.8 Å². The average Bonchev–Trinajstić information content (AvgIpc) is 3.31. The summed E-state index contributed by atoms with van der Waals surface area (Å²) in [5.74, 6) is 0.692. The van der Waals surface area contributed by atoms with Gasteiger partial charge in [0.05, 0.1) is 11.1 Å². The Morgan fingerprint density at radius 2 is 1.94 bits per heavy atom. The molecule has 0 bridgehead atoms. The molecule has 5 rings (SSSR count). The molecule has 1 atom stereocenters. The molecule has 0 amide bonds. The maximum Gasteiger partial charge on any atom is 0.254 e. The Kier molecular flexibility index (Phi) is 5.50. The summed E-state index contributed by atoms with van der Waals surface area (Å²) >= 11 is 0. The zero-order valence-electron chi connectivity index (χ0n) is 20.6. The molecule has 0 fully saturated rings. The van der Waals surface area contributed by atoms with Crippen molar-refractivity contribution < 1.29 is 0 Å². The predicted octanol–water partition coefficient (Wildman–Crippen LogP) is 4.82. The first-order valence-corrected chi connectivity index (χ1v) is 12.1. The molecule has 1 unspecified atom stereocenters. The molecule has 4 aromatic rings. The first-order chi connectivity index (χ1) is 16.3. The molecule has 34 heavy (non-hydrogen) atoms. The summed E-state index contributed by atoms with van der Waals surface area (Å²) in [6.45, 7) is 11.3. The highest BCUT2D eigenvalue weighted by molar-refractivity contribution is 5.83. The zero-order chi connectivity index (χ0) is 24.0. The molecule has 0 radical (unpaired) electrons. The molecule has 1 N–H and O–H groups in total. The second-order valence-corrected chi connectivity index (χ2v) is 10.0. The topological polar surface area (TPSA) is 79.7 Å². The van der Waals surface area contributed by atoms with Gasteiger partial charge in [0.15, 0.2) is 5.82 Å². The molecule has 0 saturated carbocycles. The van der Waals surface area contributed by atoms with Crippen molar-refractivity contribution in [1.29, 1.82) is 0 Å². The van der Waals surface area contributed by atoms with Crippen LogP contribution in [0, 0.1) is 13.8 Å². The van der Waals surface area contributed by atoms with Crippen LogP contribution in [-0.4, -0.2) is 31.7 Å². The Balaban J connectivity index is 1.79. The molecule has 3 heterocycles. The van der Waals surface area contributed by atoms with E-state index < -0.39 is 6.04 Å². The molecule has 1 aliphatic heterocycles. The summed E-state index contributed by atoms with van der Waals surface area (Å²) in [6, 6.07) is 14.3. The number of rotatable bonds is 5. The highest BCUT2D eigenvalue weighted by Gasteiger charge is 2.36. The Bertz CT molecular complexity index is 1420. The first kappa shape index (κ1) is 22.3. The summed E-state index contributed by atoms with van der Waals surface area (Å²) < 4.78 is 1.90. The lowest BCUT2D eigenvalue weighted by atomic mass is 9.95. The van der Waals surface area contributed by atoms with Crippen molar-refractivity contribution in [1.82, 2.24) is 25.2 Å². The molecule has 1 aliphatic rings. The van der Waals surface area contributed by atoms with E-state index in [2.05, 4.69) is 89.5 Å². The van der Waals surface area contributed by atoms with Gasteiger partial charge in [-0.05, 0) is 92.1 Å². The van der Waals surface area contributed by atoms with Gasteiger partial charge in [-0.3, -0.25) is 4.79 Å². The molecular formula is C27H32N6O. The normalized spacial score (nSPS) is 14.9. The summed E-state index contributed by atoms with van der Waals surface area (Å²) in [6.07, 6.45) is 2.90. The maximum atomic E-state index is 13.6. The van der Waals surface area contributed by atoms with E-state index in [-0.39, 0.29) is 11.1 Å². The van der Waals surface area contributed by atoms with Crippen LogP contribution in [-0.2, 0) is 12.0 Å². The Hall–Kier alpha value is -3.48. The number of H-pyrrole nitrogens is 1. The van der Waals surface area contributed by atoms with Gasteiger partial charge in [0.25, 0.3) is 5.56 Å². The lowest BCUT2D eigenvalue weighted by Crippen LogP contribution is -2.40. The van der Waals surface area contributed by atoms with Gasteiger partial charge in [0.1, 0.15) is 6.04 Å². The second kappa shape index (κ2) is 8.38. The van der Waals surface area contributed by atoms with Crippen molar-refractivity contribution in [2.45, 2.75) is 65.5 Å². The zero-order valence-corrected chi connectivity index (χ0v) is 20.6. The van der Waals surface area contributed by atoms with E-state index >= 15 is 0 Å². The Morgan fingerprint density at radius 3 is 2.74 bits per heavy atom. The second-order valence-electron chi connectivity index (χ2n) is 10.0. The van der Waals surface area contributed by atoms with Gasteiger partial charge >= 0.3 is 0 Å². The van der Waals surface area contributed by atoms with Crippen molar-refractivity contribution >= 4 is 16.6 Å². The number of anilines is 1. The van der Waals surface area contributed by atoms with E-state index in [9.17, 15) is 4.79 Å². The van der Waals surface area contributed by atoms with E-state index in [1.807, 2.05) is 17.7 Å². The molecule has 2 aromatic heterocycles. The number of hydrogen-bond donors (Lipinski definition) is 1. The van der Waals surface area contributed by atoms with Crippen LogP contribution in [0.5, 0.6) is 0 Å². The third kappa shape index (κ3) is 3.69. The fourth-order valence-electron chi connectivity index (χ4n) is 5.13. The average molecular weight is 457 g/mol. The van der Waals surface area contributed by atoms with Crippen molar-refractivity contribution in [2.24, 2.45) is 0 Å². The number of nitrogens with one attached hydrogen (secondary N) is 1. The van der Waals surface area contributed by atoms with E-state index in [1.54, 1.807) is 0 Å². The highest BCUT2D eigenvalue weighted by atomic mass is 16.1. The highest BCUT2D eigenvalue weighted by Crippen LogP contribution is 2.38. The van der Waals surface area contributed by atoms with Gasteiger partial charge in [0, 0.05) is 17.8 Å². The lowest BCUT2D eigenvalue weighted by Gasteiger charge is -2.38. The van der Waals surface area contributed by atoms with Crippen molar-refractivity contribution in [3.05, 3.63) is 80.9 Å². The van der Waals surface area contributed by atoms with Crippen molar-refractivity contribution in [3.8, 4) is 0 Å². The number of benzene rings is 2. The molecule has 0 saturated heterocycles. The van der Waals surface area contributed by atoms with Crippen molar-refractivity contribution in [3.63, 3.8) is 0 Å². The molecule has 0 spiro atoms.